The molecule has 1 aromatic heterocycles. The molecule has 1 saturated heterocycles. The van der Waals surface area contributed by atoms with Gasteiger partial charge in [-0.25, -0.2) is 4.98 Å². The maximum Gasteiger partial charge on any atom is 0.317 e. The van der Waals surface area contributed by atoms with Crippen molar-refractivity contribution in [3.8, 4) is 0 Å². The predicted molar refractivity (Wildman–Crippen MR) is 80.4 cm³/mol. The minimum Gasteiger partial charge on any atom is -0.480 e. The maximum atomic E-state index is 11.9. The molecule has 0 aliphatic carbocycles. The summed E-state index contributed by atoms with van der Waals surface area (Å²) in [4.78, 5) is 28.5. The highest BCUT2D eigenvalue weighted by Gasteiger charge is 2.21. The van der Waals surface area contributed by atoms with E-state index in [2.05, 4.69) is 20.5 Å². The molecular weight excluding hydrogens is 292 g/mol. The lowest BCUT2D eigenvalue weighted by Gasteiger charge is -2.32. The number of nitrogens with one attached hydrogen (secondary N) is 2. The molecule has 21 heavy (non-hydrogen) atoms. The van der Waals surface area contributed by atoms with Crippen LogP contribution in [0.15, 0.2) is 11.6 Å². The number of likely N-dealkylation sites (tertiary alicyclic amines) is 1. The van der Waals surface area contributed by atoms with Gasteiger partial charge in [-0.05, 0) is 31.8 Å². The van der Waals surface area contributed by atoms with Gasteiger partial charge in [-0.1, -0.05) is 0 Å². The smallest absolute Gasteiger partial charge is 0.317 e. The molecule has 7 nitrogen and oxygen atoms in total. The standard InChI is InChI=1S/C13H20N4O3S/c18-11(16-13-15-3-5-21-13)9-17-4-1-2-10(8-17)6-14-7-12(19)20/h3,5,10,14H,1-2,4,6-9H2,(H,19,20)(H,15,16,18). The van der Waals surface area contributed by atoms with Crippen molar-refractivity contribution in [2.75, 3.05) is 38.0 Å². The third kappa shape index (κ3) is 5.78. The molecule has 0 bridgehead atoms. The van der Waals surface area contributed by atoms with Gasteiger partial charge in [-0.3, -0.25) is 14.5 Å². The highest BCUT2D eigenvalue weighted by Crippen LogP contribution is 2.16. The second-order valence-corrected chi connectivity index (χ2v) is 6.05. The number of hydrogen-bond donors (Lipinski definition) is 3. The Morgan fingerprint density at radius 1 is 1.52 bits per heavy atom. The summed E-state index contributed by atoms with van der Waals surface area (Å²) in [6.07, 6.45) is 3.76. The van der Waals surface area contributed by atoms with Crippen molar-refractivity contribution in [1.82, 2.24) is 15.2 Å². The summed E-state index contributed by atoms with van der Waals surface area (Å²) in [6.45, 7) is 2.74. The third-order valence-corrected chi connectivity index (χ3v) is 4.05. The fraction of sp³-hybridized carbons (Fsp3) is 0.615. The van der Waals surface area contributed by atoms with Crippen molar-refractivity contribution in [3.05, 3.63) is 11.6 Å². The van der Waals surface area contributed by atoms with Crippen molar-refractivity contribution >= 4 is 28.3 Å². The van der Waals surface area contributed by atoms with Crippen LogP contribution in [-0.2, 0) is 9.59 Å². The predicted octanol–water partition coefficient (Wildman–Crippen LogP) is 0.468. The van der Waals surface area contributed by atoms with Gasteiger partial charge in [0, 0.05) is 18.1 Å². The number of rotatable bonds is 7. The molecule has 0 radical (unpaired) electrons. The van der Waals surface area contributed by atoms with Crippen LogP contribution in [0.1, 0.15) is 12.8 Å². The molecule has 116 valence electrons. The SMILES string of the molecule is O=C(O)CNCC1CCCN(CC(=O)Nc2nccs2)C1. The van der Waals surface area contributed by atoms with Crippen LogP contribution < -0.4 is 10.6 Å². The first kappa shape index (κ1) is 15.9. The lowest BCUT2D eigenvalue weighted by molar-refractivity contribution is -0.136. The summed E-state index contributed by atoms with van der Waals surface area (Å²) in [6, 6.07) is 0. The Labute approximate surface area is 127 Å². The van der Waals surface area contributed by atoms with E-state index in [4.69, 9.17) is 5.11 Å². The van der Waals surface area contributed by atoms with Crippen LogP contribution in [0, 0.1) is 5.92 Å². The number of carbonyl (C=O) groups is 2. The van der Waals surface area contributed by atoms with Gasteiger partial charge in [0.2, 0.25) is 5.91 Å². The summed E-state index contributed by atoms with van der Waals surface area (Å²) >= 11 is 1.40. The molecule has 0 saturated carbocycles. The minimum absolute atomic E-state index is 0.0129. The van der Waals surface area contributed by atoms with Crippen LogP contribution in [0.2, 0.25) is 0 Å². The van der Waals surface area contributed by atoms with E-state index >= 15 is 0 Å². The van der Waals surface area contributed by atoms with E-state index < -0.39 is 5.97 Å². The number of carboxylic acid groups (broad SMARTS) is 1. The highest BCUT2D eigenvalue weighted by molar-refractivity contribution is 7.13. The molecular formula is C13H20N4O3S. The van der Waals surface area contributed by atoms with Crippen LogP contribution in [0.3, 0.4) is 0 Å². The van der Waals surface area contributed by atoms with E-state index in [9.17, 15) is 9.59 Å². The largest absolute Gasteiger partial charge is 0.480 e. The lowest BCUT2D eigenvalue weighted by atomic mass is 9.98. The van der Waals surface area contributed by atoms with Gasteiger partial charge >= 0.3 is 5.97 Å². The Balaban J connectivity index is 1.70. The van der Waals surface area contributed by atoms with Gasteiger partial charge in [0.25, 0.3) is 0 Å². The minimum atomic E-state index is -0.842. The number of carbonyl (C=O) groups excluding carboxylic acids is 1. The average Bonchev–Trinajstić information content (AvgIpc) is 2.91. The van der Waals surface area contributed by atoms with E-state index in [0.717, 1.165) is 25.9 Å². The van der Waals surface area contributed by atoms with Crippen LogP contribution in [0.4, 0.5) is 5.13 Å². The molecule has 3 N–H and O–H groups in total. The molecule has 1 unspecified atom stereocenters. The zero-order valence-electron chi connectivity index (χ0n) is 11.7. The average molecular weight is 312 g/mol. The normalized spacial score (nSPS) is 19.3. The van der Waals surface area contributed by atoms with Crippen molar-refractivity contribution in [1.29, 1.82) is 0 Å². The molecule has 8 heteroatoms. The molecule has 1 amide bonds. The molecule has 2 heterocycles. The quantitative estimate of drug-likeness (QED) is 0.677. The molecule has 1 aliphatic rings. The van der Waals surface area contributed by atoms with E-state index in [0.29, 0.717) is 24.1 Å². The van der Waals surface area contributed by atoms with E-state index in [1.807, 2.05) is 5.38 Å². The number of hydrogen-bond acceptors (Lipinski definition) is 6. The summed E-state index contributed by atoms with van der Waals surface area (Å²) in [5.74, 6) is -0.500. The maximum absolute atomic E-state index is 11.9. The number of piperidine rings is 1. The van der Waals surface area contributed by atoms with E-state index in [1.54, 1.807) is 6.20 Å². The molecule has 1 aliphatic heterocycles. The first-order valence-corrected chi connectivity index (χ1v) is 7.85. The highest BCUT2D eigenvalue weighted by atomic mass is 32.1. The second kappa shape index (κ2) is 8.06. The number of carboxylic acids is 1. The number of nitrogens with zero attached hydrogens (tertiary/aromatic N) is 2. The second-order valence-electron chi connectivity index (χ2n) is 5.15. The zero-order valence-corrected chi connectivity index (χ0v) is 12.6. The Hall–Kier alpha value is -1.51. The Kier molecular flexibility index (Phi) is 6.09. The molecule has 0 aromatic carbocycles. The number of thiazole rings is 1. The molecule has 0 spiro atoms. The van der Waals surface area contributed by atoms with Gasteiger partial charge in [-0.2, -0.15) is 0 Å². The van der Waals surface area contributed by atoms with Gasteiger partial charge in [0.1, 0.15) is 0 Å². The summed E-state index contributed by atoms with van der Waals surface area (Å²) in [7, 11) is 0. The van der Waals surface area contributed by atoms with Crippen LogP contribution >= 0.6 is 11.3 Å². The van der Waals surface area contributed by atoms with Crippen LogP contribution in [-0.4, -0.2) is 59.6 Å². The lowest BCUT2D eigenvalue weighted by Crippen LogP contribution is -2.43. The van der Waals surface area contributed by atoms with E-state index in [1.165, 1.54) is 11.3 Å². The first-order chi connectivity index (χ1) is 10.1. The molecule has 2 rings (SSSR count). The molecule has 1 aromatic rings. The number of anilines is 1. The van der Waals surface area contributed by atoms with Gasteiger partial charge in [-0.15, -0.1) is 11.3 Å². The number of aromatic nitrogens is 1. The first-order valence-electron chi connectivity index (χ1n) is 6.97. The Morgan fingerprint density at radius 3 is 3.10 bits per heavy atom. The summed E-state index contributed by atoms with van der Waals surface area (Å²) in [5.41, 5.74) is 0. The van der Waals surface area contributed by atoms with Crippen molar-refractivity contribution in [2.24, 2.45) is 5.92 Å². The van der Waals surface area contributed by atoms with Crippen LogP contribution in [0.25, 0.3) is 0 Å². The molecule has 1 atom stereocenters. The van der Waals surface area contributed by atoms with Crippen molar-refractivity contribution in [3.63, 3.8) is 0 Å². The fourth-order valence-corrected chi connectivity index (χ4v) is 3.04. The Morgan fingerprint density at radius 2 is 2.38 bits per heavy atom. The Bertz CT molecular complexity index is 466. The van der Waals surface area contributed by atoms with E-state index in [-0.39, 0.29) is 12.5 Å². The zero-order chi connectivity index (χ0) is 15.1. The van der Waals surface area contributed by atoms with Crippen molar-refractivity contribution < 1.29 is 14.7 Å². The topological polar surface area (TPSA) is 94.6 Å². The van der Waals surface area contributed by atoms with Crippen LogP contribution in [0.5, 0.6) is 0 Å². The monoisotopic (exact) mass is 312 g/mol. The van der Waals surface area contributed by atoms with Gasteiger partial charge in [0.15, 0.2) is 5.13 Å². The fourth-order valence-electron chi connectivity index (χ4n) is 2.49. The number of aliphatic carboxylic acids is 1. The number of amides is 1. The van der Waals surface area contributed by atoms with Gasteiger partial charge < -0.3 is 15.7 Å². The van der Waals surface area contributed by atoms with Crippen molar-refractivity contribution in [2.45, 2.75) is 12.8 Å². The summed E-state index contributed by atoms with van der Waals surface area (Å²) < 4.78 is 0. The summed E-state index contributed by atoms with van der Waals surface area (Å²) in [5, 5.41) is 16.8. The molecule has 1 fully saturated rings. The third-order valence-electron chi connectivity index (χ3n) is 3.36. The van der Waals surface area contributed by atoms with Gasteiger partial charge in [0.05, 0.1) is 13.1 Å².